The zero-order chi connectivity index (χ0) is 17.8. The van der Waals surface area contributed by atoms with E-state index in [4.69, 9.17) is 4.74 Å². The molecule has 126 valence electrons. The maximum Gasteiger partial charge on any atom is 0.324 e. The fourth-order valence-electron chi connectivity index (χ4n) is 2.60. The number of esters is 1. The Morgan fingerprint density at radius 1 is 1.39 bits per heavy atom. The van der Waals surface area contributed by atoms with E-state index in [9.17, 15) is 24.1 Å². The lowest BCUT2D eigenvalue weighted by atomic mass is 9.71. The Bertz CT molecular complexity index is 629. The summed E-state index contributed by atoms with van der Waals surface area (Å²) in [4.78, 5) is 34.6. The van der Waals surface area contributed by atoms with Gasteiger partial charge in [-0.1, -0.05) is 19.9 Å². The van der Waals surface area contributed by atoms with E-state index in [0.29, 0.717) is 0 Å². The Balaban J connectivity index is 3.55. The lowest BCUT2D eigenvalue weighted by Crippen LogP contribution is -2.45. The molecule has 1 atom stereocenters. The summed E-state index contributed by atoms with van der Waals surface area (Å²) in [6.07, 6.45) is 0.123. The minimum Gasteiger partial charge on any atom is -0.465 e. The molecule has 0 amide bonds. The molecule has 0 saturated heterocycles. The van der Waals surface area contributed by atoms with Crippen molar-refractivity contribution in [3.63, 3.8) is 0 Å². The van der Waals surface area contributed by atoms with Gasteiger partial charge in [0, 0.05) is 6.07 Å². The molecule has 0 saturated carbocycles. The van der Waals surface area contributed by atoms with Gasteiger partial charge >= 0.3 is 11.7 Å². The standard InChI is InChI=1S/C16H20FNO5/c1-5-23-15(20)16(11(4)19,9-10(2)3)12-6-7-14(18(21)22)13(17)8-12/h6-8,10H,5,9H2,1-4H3. The average Bonchev–Trinajstić information content (AvgIpc) is 2.43. The van der Waals surface area contributed by atoms with Crippen molar-refractivity contribution >= 4 is 17.4 Å². The molecule has 0 aliphatic heterocycles. The first-order chi connectivity index (χ1) is 10.7. The zero-order valence-electron chi connectivity index (χ0n) is 13.6. The number of nitrogens with zero attached hydrogens (tertiary/aromatic N) is 1. The Morgan fingerprint density at radius 2 is 2.00 bits per heavy atom. The minimum atomic E-state index is -1.67. The summed E-state index contributed by atoms with van der Waals surface area (Å²) < 4.78 is 19.0. The SMILES string of the molecule is CCOC(=O)C(CC(C)C)(C(C)=O)c1ccc([N+](=O)[O-])c(F)c1. The van der Waals surface area contributed by atoms with Gasteiger partial charge in [0.05, 0.1) is 11.5 Å². The molecule has 0 fully saturated rings. The maximum absolute atomic E-state index is 14.0. The van der Waals surface area contributed by atoms with Crippen LogP contribution in [0.5, 0.6) is 0 Å². The maximum atomic E-state index is 14.0. The summed E-state index contributed by atoms with van der Waals surface area (Å²) in [5.74, 6) is -2.40. The van der Waals surface area contributed by atoms with Crippen LogP contribution < -0.4 is 0 Å². The van der Waals surface area contributed by atoms with E-state index >= 15 is 0 Å². The van der Waals surface area contributed by atoms with Gasteiger partial charge in [0.25, 0.3) is 0 Å². The molecule has 0 aromatic heterocycles. The van der Waals surface area contributed by atoms with Crippen molar-refractivity contribution in [3.8, 4) is 0 Å². The second-order valence-corrected chi connectivity index (χ2v) is 5.70. The number of hydrogen-bond acceptors (Lipinski definition) is 5. The summed E-state index contributed by atoms with van der Waals surface area (Å²) in [5, 5.41) is 10.7. The molecule has 0 spiro atoms. The second kappa shape index (κ2) is 7.30. The van der Waals surface area contributed by atoms with E-state index in [-0.39, 0.29) is 24.5 Å². The van der Waals surface area contributed by atoms with Crippen molar-refractivity contribution in [2.75, 3.05) is 6.61 Å². The number of halogens is 1. The van der Waals surface area contributed by atoms with Gasteiger partial charge in [0.1, 0.15) is 0 Å². The number of carbonyl (C=O) groups excluding carboxylic acids is 2. The molecule has 1 rings (SSSR count). The van der Waals surface area contributed by atoms with Gasteiger partial charge in [0.15, 0.2) is 11.2 Å². The predicted octanol–water partition coefficient (Wildman–Crippen LogP) is 3.17. The van der Waals surface area contributed by atoms with Crippen molar-refractivity contribution in [1.29, 1.82) is 0 Å². The van der Waals surface area contributed by atoms with Crippen LogP contribution in [0.15, 0.2) is 18.2 Å². The number of Topliss-reactive ketones (excluding diaryl/α,β-unsaturated/α-hetero) is 1. The number of ketones is 1. The van der Waals surface area contributed by atoms with Gasteiger partial charge < -0.3 is 4.74 Å². The molecular weight excluding hydrogens is 305 g/mol. The summed E-state index contributed by atoms with van der Waals surface area (Å²) >= 11 is 0. The summed E-state index contributed by atoms with van der Waals surface area (Å²) in [5.41, 5.74) is -2.31. The van der Waals surface area contributed by atoms with Crippen molar-refractivity contribution in [1.82, 2.24) is 0 Å². The Morgan fingerprint density at radius 3 is 2.39 bits per heavy atom. The molecule has 1 aromatic rings. The highest BCUT2D eigenvalue weighted by molar-refractivity contribution is 6.08. The van der Waals surface area contributed by atoms with Crippen LogP contribution in [0.25, 0.3) is 0 Å². The van der Waals surface area contributed by atoms with Crippen molar-refractivity contribution in [2.24, 2.45) is 5.92 Å². The van der Waals surface area contributed by atoms with Crippen LogP contribution in [0.3, 0.4) is 0 Å². The van der Waals surface area contributed by atoms with Gasteiger partial charge in [-0.25, -0.2) is 0 Å². The molecule has 0 radical (unpaired) electrons. The molecule has 1 unspecified atom stereocenters. The quantitative estimate of drug-likeness (QED) is 0.332. The topological polar surface area (TPSA) is 86.5 Å². The monoisotopic (exact) mass is 325 g/mol. The molecule has 23 heavy (non-hydrogen) atoms. The van der Waals surface area contributed by atoms with Gasteiger partial charge in [0.2, 0.25) is 5.82 Å². The van der Waals surface area contributed by atoms with Crippen molar-refractivity contribution in [3.05, 3.63) is 39.7 Å². The lowest BCUT2D eigenvalue weighted by molar-refractivity contribution is -0.387. The third-order valence-electron chi connectivity index (χ3n) is 3.58. The number of carbonyl (C=O) groups is 2. The summed E-state index contributed by atoms with van der Waals surface area (Å²) in [7, 11) is 0. The van der Waals surface area contributed by atoms with Crippen LogP contribution in [0.2, 0.25) is 0 Å². The molecule has 0 aliphatic rings. The van der Waals surface area contributed by atoms with E-state index in [1.165, 1.54) is 13.0 Å². The lowest BCUT2D eigenvalue weighted by Gasteiger charge is -2.31. The number of benzene rings is 1. The Hall–Kier alpha value is -2.31. The smallest absolute Gasteiger partial charge is 0.324 e. The van der Waals surface area contributed by atoms with E-state index < -0.39 is 33.6 Å². The minimum absolute atomic E-state index is 0.0541. The number of hydrogen-bond donors (Lipinski definition) is 0. The number of nitro benzene ring substituents is 1. The third kappa shape index (κ3) is 3.72. The van der Waals surface area contributed by atoms with Crippen LogP contribution in [0.4, 0.5) is 10.1 Å². The van der Waals surface area contributed by atoms with Crippen LogP contribution in [-0.2, 0) is 19.7 Å². The molecule has 7 heteroatoms. The van der Waals surface area contributed by atoms with Crippen LogP contribution in [0, 0.1) is 21.8 Å². The number of rotatable bonds is 7. The fourth-order valence-corrected chi connectivity index (χ4v) is 2.60. The molecule has 0 N–H and O–H groups in total. The number of nitro groups is 1. The third-order valence-corrected chi connectivity index (χ3v) is 3.58. The largest absolute Gasteiger partial charge is 0.465 e. The average molecular weight is 325 g/mol. The molecule has 0 aliphatic carbocycles. The van der Waals surface area contributed by atoms with Crippen LogP contribution in [-0.4, -0.2) is 23.3 Å². The number of ether oxygens (including phenoxy) is 1. The van der Waals surface area contributed by atoms with Crippen molar-refractivity contribution in [2.45, 2.75) is 39.5 Å². The fraction of sp³-hybridized carbons (Fsp3) is 0.500. The first-order valence-corrected chi connectivity index (χ1v) is 7.29. The van der Waals surface area contributed by atoms with Gasteiger partial charge in [-0.3, -0.25) is 19.7 Å². The zero-order valence-corrected chi connectivity index (χ0v) is 13.6. The first-order valence-electron chi connectivity index (χ1n) is 7.29. The molecule has 6 nitrogen and oxygen atoms in total. The summed E-state index contributed by atoms with van der Waals surface area (Å²) in [6.45, 7) is 6.55. The van der Waals surface area contributed by atoms with E-state index in [1.54, 1.807) is 6.92 Å². The molecule has 1 aromatic carbocycles. The molecule has 0 heterocycles. The molecular formula is C16H20FNO5. The first kappa shape index (κ1) is 18.7. The van der Waals surface area contributed by atoms with Gasteiger partial charge in [-0.15, -0.1) is 0 Å². The van der Waals surface area contributed by atoms with E-state index in [2.05, 4.69) is 0 Å². The predicted molar refractivity (Wildman–Crippen MR) is 81.5 cm³/mol. The normalized spacial score (nSPS) is 13.5. The highest BCUT2D eigenvalue weighted by atomic mass is 19.1. The molecule has 0 bridgehead atoms. The summed E-state index contributed by atoms with van der Waals surface area (Å²) in [6, 6.07) is 3.07. The Labute approximate surface area is 133 Å². The highest BCUT2D eigenvalue weighted by Crippen LogP contribution is 2.36. The van der Waals surface area contributed by atoms with Gasteiger partial charge in [-0.2, -0.15) is 4.39 Å². The van der Waals surface area contributed by atoms with Crippen molar-refractivity contribution < 1.29 is 23.6 Å². The van der Waals surface area contributed by atoms with Crippen LogP contribution in [0.1, 0.15) is 39.7 Å². The van der Waals surface area contributed by atoms with E-state index in [1.807, 2.05) is 13.8 Å². The Kier molecular flexibility index (Phi) is 5.95. The van der Waals surface area contributed by atoms with E-state index in [0.717, 1.165) is 12.1 Å². The second-order valence-electron chi connectivity index (χ2n) is 5.70. The highest BCUT2D eigenvalue weighted by Gasteiger charge is 2.47. The van der Waals surface area contributed by atoms with Gasteiger partial charge in [-0.05, 0) is 37.8 Å². The van der Waals surface area contributed by atoms with Crippen LogP contribution >= 0.6 is 0 Å².